The third-order valence-corrected chi connectivity index (χ3v) is 6.59. The van der Waals surface area contributed by atoms with Gasteiger partial charge >= 0.3 is 0 Å². The molecule has 4 unspecified atom stereocenters. The molecule has 4 nitrogen and oxygen atoms in total. The molecule has 1 heterocycles. The SMILES string of the molecule is C[S+]([O-])NC1CCCN(C(=O)C2CC2c2ccccc2-c2ccccc2)CC1. The third-order valence-electron chi connectivity index (χ3n) is 5.93. The first-order valence-corrected chi connectivity index (χ1v) is 11.7. The number of carbonyl (C=O) groups is 1. The Hall–Kier alpha value is -1.82. The largest absolute Gasteiger partial charge is 0.598 e. The first-order valence-electron chi connectivity index (χ1n) is 10.2. The molecular formula is C23H28N2O2S. The van der Waals surface area contributed by atoms with Crippen LogP contribution >= 0.6 is 0 Å². The Morgan fingerprint density at radius 3 is 2.61 bits per heavy atom. The molecule has 148 valence electrons. The first kappa shape index (κ1) is 19.5. The van der Waals surface area contributed by atoms with Gasteiger partial charge in [-0.25, -0.2) is 0 Å². The summed E-state index contributed by atoms with van der Waals surface area (Å²) in [4.78, 5) is 15.2. The van der Waals surface area contributed by atoms with Crippen molar-refractivity contribution in [2.75, 3.05) is 19.3 Å². The van der Waals surface area contributed by atoms with Gasteiger partial charge in [0.2, 0.25) is 5.91 Å². The molecule has 2 aromatic rings. The summed E-state index contributed by atoms with van der Waals surface area (Å²) in [5, 5.41) is 0. The minimum absolute atomic E-state index is 0.106. The Morgan fingerprint density at radius 2 is 1.82 bits per heavy atom. The summed E-state index contributed by atoms with van der Waals surface area (Å²) >= 11 is -0.994. The number of rotatable bonds is 5. The molecule has 2 fully saturated rings. The Kier molecular flexibility index (Phi) is 6.04. The Morgan fingerprint density at radius 1 is 1.07 bits per heavy atom. The molecule has 0 spiro atoms. The van der Waals surface area contributed by atoms with Gasteiger partial charge in [0.1, 0.15) is 6.26 Å². The van der Waals surface area contributed by atoms with E-state index < -0.39 is 11.4 Å². The molecule has 1 saturated carbocycles. The lowest BCUT2D eigenvalue weighted by molar-refractivity contribution is -0.132. The second-order valence-corrected chi connectivity index (χ2v) is 9.07. The van der Waals surface area contributed by atoms with Gasteiger partial charge < -0.3 is 9.45 Å². The van der Waals surface area contributed by atoms with Crippen LogP contribution < -0.4 is 4.72 Å². The van der Waals surface area contributed by atoms with Crippen LogP contribution in [0.1, 0.15) is 37.2 Å². The van der Waals surface area contributed by atoms with E-state index in [0.717, 1.165) is 38.8 Å². The van der Waals surface area contributed by atoms with Crippen LogP contribution in [0.5, 0.6) is 0 Å². The van der Waals surface area contributed by atoms with Crippen LogP contribution in [-0.2, 0) is 16.2 Å². The standard InChI is InChI=1S/C23H28N2O2S/c1-28(27)24-18-10-7-14-25(15-13-18)23(26)22-16-21(22)20-12-6-5-11-19(20)17-8-3-2-4-9-17/h2-6,8-9,11-12,18,21-22,24H,7,10,13-16H2,1H3. The Labute approximate surface area is 170 Å². The minimum Gasteiger partial charge on any atom is -0.598 e. The van der Waals surface area contributed by atoms with Crippen LogP contribution in [-0.4, -0.2) is 40.7 Å². The average molecular weight is 397 g/mol. The van der Waals surface area contributed by atoms with E-state index in [1.165, 1.54) is 16.7 Å². The van der Waals surface area contributed by atoms with Crippen molar-refractivity contribution in [3.8, 4) is 11.1 Å². The molecule has 4 atom stereocenters. The van der Waals surface area contributed by atoms with E-state index in [1.54, 1.807) is 6.26 Å². The zero-order valence-electron chi connectivity index (χ0n) is 16.3. The molecule has 0 radical (unpaired) electrons. The second-order valence-electron chi connectivity index (χ2n) is 7.93. The smallest absolute Gasteiger partial charge is 0.226 e. The van der Waals surface area contributed by atoms with Gasteiger partial charge in [-0.1, -0.05) is 54.6 Å². The quantitative estimate of drug-likeness (QED) is 0.784. The normalized spacial score (nSPS) is 25.8. The van der Waals surface area contributed by atoms with E-state index in [2.05, 4.69) is 53.3 Å². The van der Waals surface area contributed by atoms with E-state index in [4.69, 9.17) is 0 Å². The number of benzene rings is 2. The number of amides is 1. The maximum atomic E-state index is 13.1. The van der Waals surface area contributed by atoms with Crippen LogP contribution in [0.15, 0.2) is 54.6 Å². The van der Waals surface area contributed by atoms with Gasteiger partial charge in [-0.2, -0.15) is 0 Å². The van der Waals surface area contributed by atoms with Crippen LogP contribution in [0.25, 0.3) is 11.1 Å². The maximum absolute atomic E-state index is 13.1. The number of nitrogens with one attached hydrogen (secondary N) is 1. The maximum Gasteiger partial charge on any atom is 0.226 e. The molecular weight excluding hydrogens is 368 g/mol. The lowest BCUT2D eigenvalue weighted by Crippen LogP contribution is -2.36. The number of likely N-dealkylation sites (tertiary alicyclic amines) is 1. The molecule has 2 aliphatic rings. The van der Waals surface area contributed by atoms with Crippen molar-refractivity contribution < 1.29 is 9.35 Å². The fourth-order valence-electron chi connectivity index (χ4n) is 4.42. The topological polar surface area (TPSA) is 55.4 Å². The highest BCUT2D eigenvalue weighted by Crippen LogP contribution is 2.51. The molecule has 0 aromatic heterocycles. The van der Waals surface area contributed by atoms with Gasteiger partial charge in [-0.05, 0) is 48.3 Å². The van der Waals surface area contributed by atoms with Crippen molar-refractivity contribution in [2.45, 2.75) is 37.6 Å². The van der Waals surface area contributed by atoms with Crippen molar-refractivity contribution in [1.82, 2.24) is 9.62 Å². The van der Waals surface area contributed by atoms with Crippen LogP contribution in [0, 0.1) is 5.92 Å². The predicted molar refractivity (Wildman–Crippen MR) is 114 cm³/mol. The highest BCUT2D eigenvalue weighted by Gasteiger charge is 2.46. The molecule has 0 bridgehead atoms. The molecule has 1 aliphatic carbocycles. The van der Waals surface area contributed by atoms with Gasteiger partial charge in [-0.15, -0.1) is 4.72 Å². The van der Waals surface area contributed by atoms with E-state index in [0.29, 0.717) is 11.8 Å². The molecule has 4 rings (SSSR count). The third kappa shape index (κ3) is 4.43. The molecule has 1 saturated heterocycles. The van der Waals surface area contributed by atoms with E-state index >= 15 is 0 Å². The summed E-state index contributed by atoms with van der Waals surface area (Å²) in [6.07, 6.45) is 5.45. The Balaban J connectivity index is 1.43. The Bertz CT molecular complexity index is 811. The summed E-state index contributed by atoms with van der Waals surface area (Å²) in [5.41, 5.74) is 3.75. The highest BCUT2D eigenvalue weighted by atomic mass is 32.2. The highest BCUT2D eigenvalue weighted by molar-refractivity contribution is 7.88. The van der Waals surface area contributed by atoms with Crippen LogP contribution in [0.3, 0.4) is 0 Å². The predicted octanol–water partition coefficient (Wildman–Crippen LogP) is 3.72. The number of hydrogen-bond acceptors (Lipinski definition) is 3. The minimum atomic E-state index is -0.994. The molecule has 1 amide bonds. The average Bonchev–Trinajstić information content (AvgIpc) is 3.52. The number of hydrogen-bond donors (Lipinski definition) is 1. The summed E-state index contributed by atoms with van der Waals surface area (Å²) in [6, 6.07) is 19.2. The lowest BCUT2D eigenvalue weighted by Gasteiger charge is -2.21. The van der Waals surface area contributed by atoms with Crippen molar-refractivity contribution in [3.63, 3.8) is 0 Å². The van der Waals surface area contributed by atoms with E-state index in [9.17, 15) is 9.35 Å². The van der Waals surface area contributed by atoms with Gasteiger partial charge in [0.05, 0.1) is 6.04 Å². The fourth-order valence-corrected chi connectivity index (χ4v) is 5.12. The van der Waals surface area contributed by atoms with Crippen molar-refractivity contribution in [2.24, 2.45) is 5.92 Å². The molecule has 1 N–H and O–H groups in total. The summed E-state index contributed by atoms with van der Waals surface area (Å²) < 4.78 is 14.5. The van der Waals surface area contributed by atoms with E-state index in [-0.39, 0.29) is 12.0 Å². The monoisotopic (exact) mass is 396 g/mol. The zero-order chi connectivity index (χ0) is 19.5. The van der Waals surface area contributed by atoms with Crippen LogP contribution in [0.2, 0.25) is 0 Å². The summed E-state index contributed by atoms with van der Waals surface area (Å²) in [7, 11) is 0. The molecule has 5 heteroatoms. The zero-order valence-corrected chi connectivity index (χ0v) is 17.2. The van der Waals surface area contributed by atoms with Crippen LogP contribution in [0.4, 0.5) is 0 Å². The summed E-state index contributed by atoms with van der Waals surface area (Å²) in [6.45, 7) is 1.58. The van der Waals surface area contributed by atoms with E-state index in [1.807, 2.05) is 11.0 Å². The molecule has 1 aliphatic heterocycles. The first-order chi connectivity index (χ1) is 13.6. The van der Waals surface area contributed by atoms with Crippen molar-refractivity contribution in [1.29, 1.82) is 0 Å². The fraction of sp³-hybridized carbons (Fsp3) is 0.435. The number of carbonyl (C=O) groups excluding carboxylic acids is 1. The number of nitrogens with zero attached hydrogens (tertiary/aromatic N) is 1. The second kappa shape index (κ2) is 8.68. The molecule has 28 heavy (non-hydrogen) atoms. The van der Waals surface area contributed by atoms with Crippen molar-refractivity contribution >= 4 is 17.3 Å². The van der Waals surface area contributed by atoms with Gasteiger partial charge in [0.15, 0.2) is 0 Å². The molecule has 2 aromatic carbocycles. The van der Waals surface area contributed by atoms with Gasteiger partial charge in [-0.3, -0.25) is 4.79 Å². The summed E-state index contributed by atoms with van der Waals surface area (Å²) in [5.74, 6) is 0.727. The lowest BCUT2D eigenvalue weighted by atomic mass is 9.96. The van der Waals surface area contributed by atoms with Gasteiger partial charge in [0.25, 0.3) is 0 Å². The van der Waals surface area contributed by atoms with Crippen molar-refractivity contribution in [3.05, 3.63) is 60.2 Å². The van der Waals surface area contributed by atoms with Gasteiger partial charge in [0, 0.05) is 30.4 Å².